The number of hydrogen-bond donors (Lipinski definition) is 2. The summed E-state index contributed by atoms with van der Waals surface area (Å²) in [4.78, 5) is 4.17. The average Bonchev–Trinajstić information content (AvgIpc) is 2.68. The smallest absolute Gasteiger partial charge is 0.213 e. The second kappa shape index (κ2) is 5.16. The third-order valence-corrected chi connectivity index (χ3v) is 2.86. The second-order valence-corrected chi connectivity index (χ2v) is 4.07. The molecule has 2 atom stereocenters. The number of hydrogen-bond acceptors (Lipinski definition) is 4. The van der Waals surface area contributed by atoms with Crippen LogP contribution in [-0.2, 0) is 0 Å². The van der Waals surface area contributed by atoms with E-state index in [1.54, 1.807) is 6.20 Å². The van der Waals surface area contributed by atoms with Crippen LogP contribution in [0.25, 0.3) is 0 Å². The third-order valence-electron chi connectivity index (χ3n) is 2.86. The van der Waals surface area contributed by atoms with Gasteiger partial charge in [-0.15, -0.1) is 0 Å². The Morgan fingerprint density at radius 3 is 2.94 bits per heavy atom. The summed E-state index contributed by atoms with van der Waals surface area (Å²) < 4.78 is 5.26. The molecular formula is C12H18N2O2. The summed E-state index contributed by atoms with van der Waals surface area (Å²) in [5.74, 6) is 0.639. The molecule has 2 unspecified atom stereocenters. The molecule has 1 aliphatic rings. The first-order valence-electron chi connectivity index (χ1n) is 5.83. The van der Waals surface area contributed by atoms with E-state index in [9.17, 15) is 5.11 Å². The molecule has 0 spiro atoms. The van der Waals surface area contributed by atoms with Crippen LogP contribution in [0, 0.1) is 0 Å². The van der Waals surface area contributed by atoms with Crippen molar-refractivity contribution in [1.82, 2.24) is 4.98 Å². The van der Waals surface area contributed by atoms with Gasteiger partial charge < -0.3 is 15.2 Å². The predicted molar refractivity (Wildman–Crippen MR) is 62.7 cm³/mol. The van der Waals surface area contributed by atoms with Crippen molar-refractivity contribution in [3.63, 3.8) is 0 Å². The molecule has 0 radical (unpaired) electrons. The molecule has 1 aliphatic carbocycles. The van der Waals surface area contributed by atoms with Gasteiger partial charge in [-0.1, -0.05) is 0 Å². The number of aliphatic hydroxyl groups is 1. The van der Waals surface area contributed by atoms with Crippen molar-refractivity contribution in [2.75, 3.05) is 11.9 Å². The number of nitrogens with zero attached hydrogens (tertiary/aromatic N) is 1. The lowest BCUT2D eigenvalue weighted by molar-refractivity contribution is 0.172. The molecule has 1 fully saturated rings. The van der Waals surface area contributed by atoms with Gasteiger partial charge in [-0.05, 0) is 32.3 Å². The van der Waals surface area contributed by atoms with Gasteiger partial charge in [0, 0.05) is 6.07 Å². The van der Waals surface area contributed by atoms with Crippen molar-refractivity contribution >= 4 is 5.69 Å². The molecule has 1 aromatic heterocycles. The van der Waals surface area contributed by atoms with Crippen LogP contribution in [-0.4, -0.2) is 28.8 Å². The standard InChI is InChI=1S/C12H18N2O2/c1-2-16-12-7-6-9(8-13-12)14-10-4-3-5-11(10)15/h6-8,10-11,14-15H,2-5H2,1H3. The minimum Gasteiger partial charge on any atom is -0.478 e. The van der Waals surface area contributed by atoms with E-state index in [1.807, 2.05) is 19.1 Å². The highest BCUT2D eigenvalue weighted by Gasteiger charge is 2.24. The van der Waals surface area contributed by atoms with Crippen molar-refractivity contribution in [1.29, 1.82) is 0 Å². The number of pyridine rings is 1. The highest BCUT2D eigenvalue weighted by molar-refractivity contribution is 5.43. The number of aliphatic hydroxyl groups excluding tert-OH is 1. The molecule has 16 heavy (non-hydrogen) atoms. The first-order chi connectivity index (χ1) is 7.79. The molecule has 0 aromatic carbocycles. The number of rotatable bonds is 4. The van der Waals surface area contributed by atoms with Gasteiger partial charge in [0.1, 0.15) is 0 Å². The predicted octanol–water partition coefficient (Wildman–Crippen LogP) is 1.81. The molecule has 0 bridgehead atoms. The first kappa shape index (κ1) is 11.2. The van der Waals surface area contributed by atoms with E-state index in [0.717, 1.165) is 24.9 Å². The van der Waals surface area contributed by atoms with Crippen LogP contribution in [0.3, 0.4) is 0 Å². The summed E-state index contributed by atoms with van der Waals surface area (Å²) in [6.45, 7) is 2.56. The van der Waals surface area contributed by atoms with E-state index in [2.05, 4.69) is 10.3 Å². The maximum Gasteiger partial charge on any atom is 0.213 e. The molecule has 2 N–H and O–H groups in total. The molecule has 1 saturated carbocycles. The lowest BCUT2D eigenvalue weighted by Crippen LogP contribution is -2.27. The van der Waals surface area contributed by atoms with E-state index in [0.29, 0.717) is 12.5 Å². The van der Waals surface area contributed by atoms with Crippen LogP contribution in [0.15, 0.2) is 18.3 Å². The number of aromatic nitrogens is 1. The largest absolute Gasteiger partial charge is 0.478 e. The van der Waals surface area contributed by atoms with Crippen LogP contribution in [0.2, 0.25) is 0 Å². The highest BCUT2D eigenvalue weighted by Crippen LogP contribution is 2.23. The summed E-state index contributed by atoms with van der Waals surface area (Å²) in [6.07, 6.45) is 4.52. The molecular weight excluding hydrogens is 204 g/mol. The van der Waals surface area contributed by atoms with Gasteiger partial charge in [-0.25, -0.2) is 4.98 Å². The fourth-order valence-electron chi connectivity index (χ4n) is 2.02. The van der Waals surface area contributed by atoms with Gasteiger partial charge in [-0.3, -0.25) is 0 Å². The van der Waals surface area contributed by atoms with Crippen molar-refractivity contribution in [3.05, 3.63) is 18.3 Å². The van der Waals surface area contributed by atoms with E-state index < -0.39 is 0 Å². The minimum absolute atomic E-state index is 0.166. The number of anilines is 1. The Morgan fingerprint density at radius 2 is 2.38 bits per heavy atom. The molecule has 4 heteroatoms. The normalized spacial score (nSPS) is 24.4. The highest BCUT2D eigenvalue weighted by atomic mass is 16.5. The molecule has 88 valence electrons. The lowest BCUT2D eigenvalue weighted by atomic mass is 10.2. The van der Waals surface area contributed by atoms with Crippen molar-refractivity contribution in [2.45, 2.75) is 38.3 Å². The fraction of sp³-hybridized carbons (Fsp3) is 0.583. The topological polar surface area (TPSA) is 54.4 Å². The zero-order valence-electron chi connectivity index (χ0n) is 9.52. The Morgan fingerprint density at radius 1 is 1.50 bits per heavy atom. The van der Waals surface area contributed by atoms with Gasteiger partial charge in [0.05, 0.1) is 30.6 Å². The van der Waals surface area contributed by atoms with Crippen LogP contribution < -0.4 is 10.1 Å². The van der Waals surface area contributed by atoms with E-state index in [4.69, 9.17) is 4.74 Å². The van der Waals surface area contributed by atoms with Gasteiger partial charge in [0.15, 0.2) is 0 Å². The van der Waals surface area contributed by atoms with Crippen LogP contribution in [0.1, 0.15) is 26.2 Å². The van der Waals surface area contributed by atoms with Crippen molar-refractivity contribution in [3.8, 4) is 5.88 Å². The Labute approximate surface area is 95.7 Å². The van der Waals surface area contributed by atoms with Gasteiger partial charge in [0.2, 0.25) is 5.88 Å². The minimum atomic E-state index is -0.230. The molecule has 0 aliphatic heterocycles. The molecule has 1 heterocycles. The Hall–Kier alpha value is -1.29. The van der Waals surface area contributed by atoms with E-state index in [-0.39, 0.29) is 12.1 Å². The summed E-state index contributed by atoms with van der Waals surface area (Å²) in [6, 6.07) is 3.94. The maximum absolute atomic E-state index is 9.68. The molecule has 0 amide bonds. The Bertz CT molecular complexity index is 326. The monoisotopic (exact) mass is 222 g/mol. The second-order valence-electron chi connectivity index (χ2n) is 4.07. The molecule has 0 saturated heterocycles. The third kappa shape index (κ3) is 2.64. The van der Waals surface area contributed by atoms with Crippen molar-refractivity contribution in [2.24, 2.45) is 0 Å². The quantitative estimate of drug-likeness (QED) is 0.815. The number of nitrogens with one attached hydrogen (secondary N) is 1. The lowest BCUT2D eigenvalue weighted by Gasteiger charge is -2.17. The fourth-order valence-corrected chi connectivity index (χ4v) is 2.02. The molecule has 2 rings (SSSR count). The maximum atomic E-state index is 9.68. The SMILES string of the molecule is CCOc1ccc(NC2CCCC2O)cn1. The van der Waals surface area contributed by atoms with Crippen molar-refractivity contribution < 1.29 is 9.84 Å². The number of ether oxygens (including phenoxy) is 1. The summed E-state index contributed by atoms with van der Waals surface area (Å²) >= 11 is 0. The summed E-state index contributed by atoms with van der Waals surface area (Å²) in [5, 5.41) is 13.0. The first-order valence-corrected chi connectivity index (χ1v) is 5.83. The van der Waals surface area contributed by atoms with Crippen LogP contribution in [0.4, 0.5) is 5.69 Å². The molecule has 1 aromatic rings. The summed E-state index contributed by atoms with van der Waals surface area (Å²) in [5.41, 5.74) is 0.939. The average molecular weight is 222 g/mol. The summed E-state index contributed by atoms with van der Waals surface area (Å²) in [7, 11) is 0. The Kier molecular flexibility index (Phi) is 3.62. The van der Waals surface area contributed by atoms with Crippen LogP contribution in [0.5, 0.6) is 5.88 Å². The van der Waals surface area contributed by atoms with Gasteiger partial charge in [-0.2, -0.15) is 0 Å². The Balaban J connectivity index is 1.94. The van der Waals surface area contributed by atoms with E-state index >= 15 is 0 Å². The zero-order valence-corrected chi connectivity index (χ0v) is 9.52. The van der Waals surface area contributed by atoms with Gasteiger partial charge in [0.25, 0.3) is 0 Å². The molecule has 4 nitrogen and oxygen atoms in total. The van der Waals surface area contributed by atoms with Gasteiger partial charge >= 0.3 is 0 Å². The van der Waals surface area contributed by atoms with E-state index in [1.165, 1.54) is 0 Å². The zero-order chi connectivity index (χ0) is 11.4. The van der Waals surface area contributed by atoms with Crippen LogP contribution >= 0.6 is 0 Å².